The number of furan rings is 1. The Kier molecular flexibility index (Phi) is 3.58. The Morgan fingerprint density at radius 3 is 2.81 bits per heavy atom. The first-order valence-corrected chi connectivity index (χ1v) is 6.42. The van der Waals surface area contributed by atoms with Crippen LogP contribution in [0.3, 0.4) is 0 Å². The third kappa shape index (κ3) is 2.42. The number of nitrogens with two attached hydrogens (primary N) is 1. The highest BCUT2D eigenvalue weighted by molar-refractivity contribution is 9.10. The second kappa shape index (κ2) is 4.95. The molecule has 0 saturated carbocycles. The van der Waals surface area contributed by atoms with Crippen LogP contribution in [0.25, 0.3) is 0 Å². The number of carbonyl (C=O) groups excluding carboxylic acids is 1. The molecule has 0 aromatic carbocycles. The van der Waals surface area contributed by atoms with Crippen LogP contribution >= 0.6 is 27.3 Å². The lowest BCUT2D eigenvalue weighted by Gasteiger charge is -1.96. The molecule has 0 aliphatic rings. The SMILES string of the molecule is NCc1ccc(C(=O)Cc2sccc2Br)o1. The molecule has 0 saturated heterocycles. The van der Waals surface area contributed by atoms with Crippen molar-refractivity contribution in [2.75, 3.05) is 0 Å². The predicted octanol–water partition coefficient (Wildman–Crippen LogP) is 2.99. The molecule has 3 nitrogen and oxygen atoms in total. The average molecular weight is 300 g/mol. The molecule has 0 atom stereocenters. The van der Waals surface area contributed by atoms with Gasteiger partial charge < -0.3 is 10.2 Å². The van der Waals surface area contributed by atoms with Gasteiger partial charge in [-0.3, -0.25) is 4.79 Å². The van der Waals surface area contributed by atoms with Gasteiger partial charge in [-0.15, -0.1) is 11.3 Å². The van der Waals surface area contributed by atoms with Gasteiger partial charge in [0.2, 0.25) is 5.78 Å². The second-order valence-corrected chi connectivity index (χ2v) is 5.12. The van der Waals surface area contributed by atoms with Crippen molar-refractivity contribution in [3.8, 4) is 0 Å². The number of ketones is 1. The fourth-order valence-electron chi connectivity index (χ4n) is 1.32. The van der Waals surface area contributed by atoms with Crippen molar-refractivity contribution < 1.29 is 9.21 Å². The molecule has 2 N–H and O–H groups in total. The summed E-state index contributed by atoms with van der Waals surface area (Å²) in [5.74, 6) is 0.984. The molecule has 0 unspecified atom stereocenters. The zero-order valence-corrected chi connectivity index (χ0v) is 10.8. The van der Waals surface area contributed by atoms with Crippen LogP contribution in [0.4, 0.5) is 0 Å². The number of hydrogen-bond acceptors (Lipinski definition) is 4. The number of rotatable bonds is 4. The van der Waals surface area contributed by atoms with E-state index >= 15 is 0 Å². The van der Waals surface area contributed by atoms with E-state index in [0.29, 0.717) is 24.5 Å². The number of carbonyl (C=O) groups is 1. The largest absolute Gasteiger partial charge is 0.457 e. The maximum Gasteiger partial charge on any atom is 0.203 e. The lowest BCUT2D eigenvalue weighted by Crippen LogP contribution is -2.01. The lowest BCUT2D eigenvalue weighted by molar-refractivity contribution is 0.0965. The Bertz CT molecular complexity index is 504. The normalized spacial score (nSPS) is 10.6. The summed E-state index contributed by atoms with van der Waals surface area (Å²) < 4.78 is 6.27. The number of halogens is 1. The summed E-state index contributed by atoms with van der Waals surface area (Å²) in [4.78, 5) is 12.9. The summed E-state index contributed by atoms with van der Waals surface area (Å²) in [5.41, 5.74) is 5.41. The molecule has 16 heavy (non-hydrogen) atoms. The van der Waals surface area contributed by atoms with Crippen molar-refractivity contribution in [1.82, 2.24) is 0 Å². The summed E-state index contributed by atoms with van der Waals surface area (Å²) in [6.07, 6.45) is 0.357. The molecule has 0 fully saturated rings. The van der Waals surface area contributed by atoms with Gasteiger partial charge in [0.15, 0.2) is 5.76 Å². The van der Waals surface area contributed by atoms with Crippen LogP contribution in [0, 0.1) is 0 Å². The second-order valence-electron chi connectivity index (χ2n) is 3.26. The fourth-order valence-corrected chi connectivity index (χ4v) is 2.81. The first-order valence-electron chi connectivity index (χ1n) is 4.74. The van der Waals surface area contributed by atoms with Gasteiger partial charge in [-0.2, -0.15) is 0 Å². The minimum atomic E-state index is -0.0251. The topological polar surface area (TPSA) is 56.2 Å². The molecular weight excluding hydrogens is 290 g/mol. The fraction of sp³-hybridized carbons (Fsp3) is 0.182. The van der Waals surface area contributed by atoms with E-state index in [-0.39, 0.29) is 5.78 Å². The van der Waals surface area contributed by atoms with Gasteiger partial charge in [0.05, 0.1) is 6.54 Å². The summed E-state index contributed by atoms with van der Waals surface area (Å²) in [7, 11) is 0. The Morgan fingerprint density at radius 1 is 1.44 bits per heavy atom. The molecule has 2 rings (SSSR count). The average Bonchev–Trinajstić information content (AvgIpc) is 2.88. The summed E-state index contributed by atoms with van der Waals surface area (Å²) in [6, 6.07) is 5.34. The maximum atomic E-state index is 11.8. The smallest absolute Gasteiger partial charge is 0.203 e. The van der Waals surface area contributed by atoms with Gasteiger partial charge in [-0.1, -0.05) is 0 Å². The third-order valence-corrected chi connectivity index (χ3v) is 4.08. The van der Waals surface area contributed by atoms with E-state index in [1.807, 2.05) is 11.4 Å². The highest BCUT2D eigenvalue weighted by Gasteiger charge is 2.13. The Hall–Kier alpha value is -0.910. The van der Waals surface area contributed by atoms with Gasteiger partial charge in [0, 0.05) is 15.8 Å². The molecule has 84 valence electrons. The Morgan fingerprint density at radius 2 is 2.25 bits per heavy atom. The van der Waals surface area contributed by atoms with Crippen LogP contribution < -0.4 is 5.73 Å². The molecule has 0 amide bonds. The molecule has 0 spiro atoms. The standard InChI is InChI=1S/C11H10BrNO2S/c12-8-3-4-16-11(8)5-9(14)10-2-1-7(6-13)15-10/h1-4H,5-6,13H2. The number of hydrogen-bond donors (Lipinski definition) is 1. The summed E-state index contributed by atoms with van der Waals surface area (Å²) >= 11 is 4.94. The predicted molar refractivity (Wildman–Crippen MR) is 66.7 cm³/mol. The van der Waals surface area contributed by atoms with Gasteiger partial charge in [0.25, 0.3) is 0 Å². The highest BCUT2D eigenvalue weighted by atomic mass is 79.9. The van der Waals surface area contributed by atoms with E-state index in [9.17, 15) is 4.79 Å². The minimum absolute atomic E-state index is 0.0251. The molecule has 0 aliphatic heterocycles. The molecule has 5 heteroatoms. The number of Topliss-reactive ketones (excluding diaryl/α,β-unsaturated/α-hetero) is 1. The van der Waals surface area contributed by atoms with E-state index in [0.717, 1.165) is 9.35 Å². The van der Waals surface area contributed by atoms with Crippen molar-refractivity contribution in [3.05, 3.63) is 44.4 Å². The molecule has 0 bridgehead atoms. The van der Waals surface area contributed by atoms with Gasteiger partial charge in [-0.05, 0) is 39.5 Å². The molecule has 2 aromatic heterocycles. The summed E-state index contributed by atoms with van der Waals surface area (Å²) in [6.45, 7) is 0.315. The van der Waals surface area contributed by atoms with Crippen LogP contribution in [-0.2, 0) is 13.0 Å². The third-order valence-electron chi connectivity index (χ3n) is 2.15. The van der Waals surface area contributed by atoms with Crippen LogP contribution in [0.1, 0.15) is 21.2 Å². The first-order chi connectivity index (χ1) is 7.70. The monoisotopic (exact) mass is 299 g/mol. The van der Waals surface area contributed by atoms with Crippen LogP contribution in [0.2, 0.25) is 0 Å². The van der Waals surface area contributed by atoms with Crippen LogP contribution in [0.15, 0.2) is 32.5 Å². The molecule has 2 heterocycles. The van der Waals surface area contributed by atoms with Gasteiger partial charge >= 0.3 is 0 Å². The van der Waals surface area contributed by atoms with Crippen molar-refractivity contribution in [1.29, 1.82) is 0 Å². The number of thiophene rings is 1. The van der Waals surface area contributed by atoms with Crippen LogP contribution in [-0.4, -0.2) is 5.78 Å². The minimum Gasteiger partial charge on any atom is -0.457 e. The van der Waals surface area contributed by atoms with Crippen LogP contribution in [0.5, 0.6) is 0 Å². The Labute approximate surface area is 105 Å². The summed E-state index contributed by atoms with van der Waals surface area (Å²) in [5, 5.41) is 1.94. The molecule has 2 aromatic rings. The molecular formula is C11H10BrNO2S. The maximum absolute atomic E-state index is 11.8. The van der Waals surface area contributed by atoms with Crippen molar-refractivity contribution >= 4 is 33.0 Å². The molecule has 0 aliphatic carbocycles. The quantitative estimate of drug-likeness (QED) is 0.883. The first kappa shape index (κ1) is 11.6. The van der Waals surface area contributed by atoms with Gasteiger partial charge in [-0.25, -0.2) is 0 Å². The van der Waals surface area contributed by atoms with Crippen molar-refractivity contribution in [3.63, 3.8) is 0 Å². The van der Waals surface area contributed by atoms with E-state index in [2.05, 4.69) is 15.9 Å². The lowest BCUT2D eigenvalue weighted by atomic mass is 10.2. The molecule has 0 radical (unpaired) electrons. The van der Waals surface area contributed by atoms with E-state index in [4.69, 9.17) is 10.2 Å². The zero-order chi connectivity index (χ0) is 11.5. The van der Waals surface area contributed by atoms with Gasteiger partial charge in [0.1, 0.15) is 5.76 Å². The van der Waals surface area contributed by atoms with E-state index < -0.39 is 0 Å². The Balaban J connectivity index is 2.11. The van der Waals surface area contributed by atoms with Crippen molar-refractivity contribution in [2.45, 2.75) is 13.0 Å². The van der Waals surface area contributed by atoms with E-state index in [1.54, 1.807) is 23.5 Å². The van der Waals surface area contributed by atoms with Crippen molar-refractivity contribution in [2.24, 2.45) is 5.73 Å². The zero-order valence-electron chi connectivity index (χ0n) is 8.40. The van der Waals surface area contributed by atoms with E-state index in [1.165, 1.54) is 0 Å². The highest BCUT2D eigenvalue weighted by Crippen LogP contribution is 2.24.